The average Bonchev–Trinajstić information content (AvgIpc) is 3.06. The fraction of sp³-hybridized carbons (Fsp3) is 0.400. The van der Waals surface area contributed by atoms with Gasteiger partial charge >= 0.3 is 0 Å². The van der Waals surface area contributed by atoms with E-state index in [0.717, 1.165) is 39.6 Å². The second-order valence-corrected chi connectivity index (χ2v) is 13.2. The van der Waals surface area contributed by atoms with Crippen molar-refractivity contribution in [3.63, 3.8) is 0 Å². The first-order valence-electron chi connectivity index (χ1n) is 13.9. The van der Waals surface area contributed by atoms with Crippen molar-refractivity contribution in [2.45, 2.75) is 67.7 Å². The number of aryl methyl sites for hydroxylation is 2. The topological polar surface area (TPSA) is 17.0 Å². The highest BCUT2D eigenvalue weighted by molar-refractivity contribution is 6.12. The summed E-state index contributed by atoms with van der Waals surface area (Å²) in [6.45, 7) is 17.8. The molecule has 1 fully saturated rings. The SMILES string of the molecule is Cc1cc2c(oc3cc(F)c(C4C(C)(C)C4(C)C)cc32)c(-c2c3ccc(CC(C)C)cc3cc[n+]2C)c1C. The first-order valence-corrected chi connectivity index (χ1v) is 13.9. The maximum Gasteiger partial charge on any atom is 0.224 e. The number of halogens is 1. The summed E-state index contributed by atoms with van der Waals surface area (Å²) in [6, 6.07) is 14.9. The van der Waals surface area contributed by atoms with Crippen LogP contribution in [0.5, 0.6) is 0 Å². The molecular weight excluding hydrogens is 469 g/mol. The molecule has 5 aromatic rings. The number of fused-ring (bicyclic) bond motifs is 4. The molecule has 3 heteroatoms. The smallest absolute Gasteiger partial charge is 0.224 e. The van der Waals surface area contributed by atoms with Crippen molar-refractivity contribution in [1.82, 2.24) is 0 Å². The van der Waals surface area contributed by atoms with Gasteiger partial charge in [-0.1, -0.05) is 53.7 Å². The largest absolute Gasteiger partial charge is 0.455 e. The summed E-state index contributed by atoms with van der Waals surface area (Å²) in [4.78, 5) is 0. The Hall–Kier alpha value is -3.20. The summed E-state index contributed by atoms with van der Waals surface area (Å²) in [6.07, 6.45) is 3.20. The molecule has 0 atom stereocenters. The van der Waals surface area contributed by atoms with Gasteiger partial charge in [-0.05, 0) is 88.8 Å². The van der Waals surface area contributed by atoms with Crippen molar-refractivity contribution in [3.8, 4) is 11.3 Å². The van der Waals surface area contributed by atoms with E-state index in [1.807, 2.05) is 0 Å². The van der Waals surface area contributed by atoms with Crippen molar-refractivity contribution in [1.29, 1.82) is 0 Å². The summed E-state index contributed by atoms with van der Waals surface area (Å²) in [5.41, 5.74) is 8.36. The molecule has 6 rings (SSSR count). The molecule has 2 nitrogen and oxygen atoms in total. The van der Waals surface area contributed by atoms with Gasteiger partial charge in [-0.2, -0.15) is 0 Å². The van der Waals surface area contributed by atoms with Gasteiger partial charge in [0.05, 0.1) is 10.9 Å². The van der Waals surface area contributed by atoms with Gasteiger partial charge < -0.3 is 4.42 Å². The van der Waals surface area contributed by atoms with Crippen LogP contribution in [0.3, 0.4) is 0 Å². The van der Waals surface area contributed by atoms with Crippen LogP contribution in [0.1, 0.15) is 69.7 Å². The fourth-order valence-corrected chi connectivity index (χ4v) is 6.99. The van der Waals surface area contributed by atoms with E-state index in [0.29, 0.717) is 11.5 Å². The van der Waals surface area contributed by atoms with Gasteiger partial charge in [0.2, 0.25) is 5.69 Å². The highest BCUT2D eigenvalue weighted by Crippen LogP contribution is 2.74. The Morgan fingerprint density at radius 1 is 0.921 bits per heavy atom. The number of pyridine rings is 1. The molecular formula is C35H39FNO+. The Labute approximate surface area is 225 Å². The molecule has 0 radical (unpaired) electrons. The van der Waals surface area contributed by atoms with Crippen molar-refractivity contribution in [2.24, 2.45) is 23.8 Å². The maximum absolute atomic E-state index is 15.5. The number of hydrogen-bond acceptors (Lipinski definition) is 1. The average molecular weight is 509 g/mol. The first kappa shape index (κ1) is 25.1. The second kappa shape index (κ2) is 8.15. The lowest BCUT2D eigenvalue weighted by Crippen LogP contribution is -2.31. The lowest BCUT2D eigenvalue weighted by molar-refractivity contribution is -0.659. The highest BCUT2D eigenvalue weighted by atomic mass is 19.1. The highest BCUT2D eigenvalue weighted by Gasteiger charge is 2.65. The number of furan rings is 1. The van der Waals surface area contributed by atoms with Gasteiger partial charge in [0.25, 0.3) is 0 Å². The molecule has 1 saturated carbocycles. The Balaban J connectivity index is 1.63. The number of hydrogen-bond donors (Lipinski definition) is 0. The second-order valence-electron chi connectivity index (χ2n) is 13.2. The van der Waals surface area contributed by atoms with E-state index < -0.39 is 0 Å². The molecule has 1 aliphatic carbocycles. The van der Waals surface area contributed by atoms with Gasteiger partial charge in [0.15, 0.2) is 6.20 Å². The van der Waals surface area contributed by atoms with E-state index in [4.69, 9.17) is 4.42 Å². The Bertz CT molecular complexity index is 1750. The molecule has 0 bridgehead atoms. The third kappa shape index (κ3) is 3.47. The Kier molecular flexibility index (Phi) is 5.38. The van der Waals surface area contributed by atoms with Gasteiger partial charge in [0, 0.05) is 22.9 Å². The normalized spacial score (nSPS) is 16.8. The summed E-state index contributed by atoms with van der Waals surface area (Å²) in [5, 5.41) is 4.49. The predicted octanol–water partition coefficient (Wildman–Crippen LogP) is 9.33. The van der Waals surface area contributed by atoms with Crippen LogP contribution in [0.4, 0.5) is 4.39 Å². The van der Waals surface area contributed by atoms with E-state index in [9.17, 15) is 0 Å². The molecule has 0 saturated heterocycles. The van der Waals surface area contributed by atoms with Crippen LogP contribution < -0.4 is 4.57 Å². The monoisotopic (exact) mass is 508 g/mol. The van der Waals surface area contributed by atoms with Crippen molar-refractivity contribution < 1.29 is 13.4 Å². The third-order valence-electron chi connectivity index (χ3n) is 9.81. The van der Waals surface area contributed by atoms with Crippen LogP contribution >= 0.6 is 0 Å². The Morgan fingerprint density at radius 2 is 1.63 bits per heavy atom. The van der Waals surface area contributed by atoms with Gasteiger partial charge in [-0.3, -0.25) is 0 Å². The van der Waals surface area contributed by atoms with Crippen LogP contribution in [0, 0.1) is 36.4 Å². The molecule has 196 valence electrons. The lowest BCUT2D eigenvalue weighted by atomic mass is 9.92. The zero-order valence-electron chi connectivity index (χ0n) is 24.2. The number of rotatable bonds is 4. The minimum atomic E-state index is -0.163. The van der Waals surface area contributed by atoms with Crippen LogP contribution in [-0.4, -0.2) is 0 Å². The van der Waals surface area contributed by atoms with E-state index in [1.165, 1.54) is 27.5 Å². The molecule has 0 amide bonds. The summed E-state index contributed by atoms with van der Waals surface area (Å²) in [7, 11) is 2.10. The summed E-state index contributed by atoms with van der Waals surface area (Å²) < 4.78 is 24.3. The lowest BCUT2D eigenvalue weighted by Gasteiger charge is -2.12. The van der Waals surface area contributed by atoms with Crippen LogP contribution in [-0.2, 0) is 13.5 Å². The first-order chi connectivity index (χ1) is 17.8. The quantitative estimate of drug-likeness (QED) is 0.221. The van der Waals surface area contributed by atoms with Crippen LogP contribution in [0.2, 0.25) is 0 Å². The predicted molar refractivity (Wildman–Crippen MR) is 156 cm³/mol. The van der Waals surface area contributed by atoms with E-state index in [-0.39, 0.29) is 22.6 Å². The minimum Gasteiger partial charge on any atom is -0.455 e. The molecule has 2 heterocycles. The number of aromatic nitrogens is 1. The number of nitrogens with zero attached hydrogens (tertiary/aromatic N) is 1. The van der Waals surface area contributed by atoms with E-state index >= 15 is 4.39 Å². The van der Waals surface area contributed by atoms with Gasteiger partial charge in [0.1, 0.15) is 24.0 Å². The van der Waals surface area contributed by atoms with Crippen molar-refractivity contribution in [3.05, 3.63) is 76.7 Å². The molecule has 3 aromatic carbocycles. The fourth-order valence-electron chi connectivity index (χ4n) is 6.99. The molecule has 0 aliphatic heterocycles. The van der Waals surface area contributed by atoms with Gasteiger partial charge in [-0.25, -0.2) is 8.96 Å². The van der Waals surface area contributed by atoms with Crippen LogP contribution in [0.25, 0.3) is 44.0 Å². The molecule has 38 heavy (non-hydrogen) atoms. The summed E-state index contributed by atoms with van der Waals surface area (Å²) >= 11 is 0. The Morgan fingerprint density at radius 3 is 2.29 bits per heavy atom. The summed E-state index contributed by atoms with van der Waals surface area (Å²) in [5.74, 6) is 0.632. The zero-order chi connectivity index (χ0) is 27.3. The maximum atomic E-state index is 15.5. The zero-order valence-corrected chi connectivity index (χ0v) is 24.2. The molecule has 1 aliphatic rings. The van der Waals surface area contributed by atoms with Crippen molar-refractivity contribution in [2.75, 3.05) is 0 Å². The molecule has 0 unspecified atom stereocenters. The third-order valence-corrected chi connectivity index (χ3v) is 9.81. The molecule has 2 aromatic heterocycles. The molecule has 0 N–H and O–H groups in total. The standard InChI is InChI=1S/C35H39FNO/c1-19(2)14-22-10-11-24-23(16-22)12-13-37(9)31(24)30-21(4)20(3)15-26-25-17-27(33-34(5,6)35(33,7)8)28(36)18-29(25)38-32(26)30/h10-13,15-19,33H,14H2,1-9H3/q+1. The van der Waals surface area contributed by atoms with Crippen molar-refractivity contribution >= 4 is 32.7 Å². The van der Waals surface area contributed by atoms with Crippen LogP contribution in [0.15, 0.2) is 53.1 Å². The van der Waals surface area contributed by atoms with Gasteiger partial charge in [-0.15, -0.1) is 0 Å². The van der Waals surface area contributed by atoms with E-state index in [2.05, 4.69) is 110 Å². The number of benzene rings is 3. The minimum absolute atomic E-state index is 0.0594. The molecule has 0 spiro atoms. The van der Waals surface area contributed by atoms with E-state index in [1.54, 1.807) is 6.07 Å².